The molecule has 0 saturated heterocycles. The van der Waals surface area contributed by atoms with Crippen LogP contribution in [0.5, 0.6) is 0 Å². The van der Waals surface area contributed by atoms with Crippen molar-refractivity contribution >= 4 is 93.1 Å². The van der Waals surface area contributed by atoms with Crippen LogP contribution in [-0.2, 0) is 20.2 Å². The Morgan fingerprint density at radius 2 is 1.34 bits per heavy atom. The quantitative estimate of drug-likeness (QED) is 0.0806. The van der Waals surface area contributed by atoms with Crippen LogP contribution in [0.15, 0.2) is 64.3 Å². The molecule has 0 amide bonds. The third-order valence-electron chi connectivity index (χ3n) is 5.31. The van der Waals surface area contributed by atoms with Gasteiger partial charge in [-0.25, -0.2) is 9.97 Å². The standard InChI is InChI=1S/C20H18N6O6S6/c27-37(28,29)20(38(30,31)32)9-12(22-19-25-16(35)8-17(36)26-19)5-6-13(20)10-1-3-11(4-2-10)21-18-23-14(33)7-15(34)24-18/h1-8H,9H2,(H,27,28,29)(H,30,31,32)(H3,21,23,24,33,34)(H3,22,25,26,35,36). The predicted octanol–water partition coefficient (Wildman–Crippen LogP) is 4.17. The van der Waals surface area contributed by atoms with Gasteiger partial charge in [0.05, 0.1) is 10.1 Å². The van der Waals surface area contributed by atoms with Gasteiger partial charge in [-0.05, 0) is 23.8 Å². The molecular formula is C20H18N6O6S6. The summed E-state index contributed by atoms with van der Waals surface area (Å²) in [6.07, 6.45) is 1.69. The van der Waals surface area contributed by atoms with Gasteiger partial charge in [0.2, 0.25) is 11.9 Å². The number of benzene rings is 1. The molecule has 6 N–H and O–H groups in total. The summed E-state index contributed by atoms with van der Waals surface area (Å²) in [5.74, 6) is 0.326. The van der Waals surface area contributed by atoms with E-state index in [0.29, 0.717) is 15.4 Å². The van der Waals surface area contributed by atoms with E-state index in [0.717, 1.165) is 6.08 Å². The molecule has 0 aliphatic heterocycles. The number of hydrogen-bond donors (Lipinski definition) is 8. The van der Waals surface area contributed by atoms with Crippen LogP contribution in [0, 0.1) is 9.28 Å². The van der Waals surface area contributed by atoms with E-state index in [-0.39, 0.29) is 38.4 Å². The molecule has 0 fully saturated rings. The van der Waals surface area contributed by atoms with Gasteiger partial charge in [-0.15, -0.1) is 25.3 Å². The van der Waals surface area contributed by atoms with Crippen molar-refractivity contribution in [1.82, 2.24) is 19.9 Å². The maximum absolute atomic E-state index is 12.6. The molecule has 12 nitrogen and oxygen atoms in total. The molecule has 3 aromatic rings. The summed E-state index contributed by atoms with van der Waals surface area (Å²) in [4.78, 5) is 13.7. The molecule has 4 rings (SSSR count). The smallest absolute Gasteiger partial charge is 0.292 e. The van der Waals surface area contributed by atoms with Gasteiger partial charge >= 0.3 is 0 Å². The Morgan fingerprint density at radius 1 is 0.842 bits per heavy atom. The molecule has 0 atom stereocenters. The second kappa shape index (κ2) is 10.5. The lowest BCUT2D eigenvalue weighted by atomic mass is 9.94. The van der Waals surface area contributed by atoms with Crippen molar-refractivity contribution in [2.45, 2.75) is 20.6 Å². The summed E-state index contributed by atoms with van der Waals surface area (Å²) in [7, 11) is -10.9. The van der Waals surface area contributed by atoms with Gasteiger partial charge in [0, 0.05) is 35.5 Å². The highest BCUT2D eigenvalue weighted by Crippen LogP contribution is 2.45. The Bertz CT molecular complexity index is 1780. The Kier molecular flexibility index (Phi) is 7.88. The first-order chi connectivity index (χ1) is 17.7. The molecule has 2 heterocycles. The van der Waals surface area contributed by atoms with E-state index in [1.807, 2.05) is 0 Å². The second-order valence-corrected chi connectivity index (χ2v) is 13.2. The minimum absolute atomic E-state index is 0.00709. The third-order valence-corrected chi connectivity index (χ3v) is 9.87. The highest BCUT2D eigenvalue weighted by molar-refractivity contribution is 8.06. The van der Waals surface area contributed by atoms with Crippen LogP contribution < -0.4 is 10.6 Å². The van der Waals surface area contributed by atoms with E-state index in [9.17, 15) is 25.9 Å². The number of aromatic nitrogens is 4. The monoisotopic (exact) mass is 630 g/mol. The van der Waals surface area contributed by atoms with Crippen molar-refractivity contribution in [2.75, 3.05) is 10.6 Å². The van der Waals surface area contributed by atoms with Crippen LogP contribution >= 0.6 is 49.7 Å². The predicted molar refractivity (Wildman–Crippen MR) is 153 cm³/mol. The van der Waals surface area contributed by atoms with Gasteiger partial charge in [-0.3, -0.25) is 9.11 Å². The van der Waals surface area contributed by atoms with Crippen molar-refractivity contribution in [3.05, 3.63) is 69.1 Å². The van der Waals surface area contributed by atoms with Gasteiger partial charge in [0.15, 0.2) is 0 Å². The molecular weight excluding hydrogens is 613 g/mol. The molecule has 38 heavy (non-hydrogen) atoms. The van der Waals surface area contributed by atoms with Crippen LogP contribution in [0.1, 0.15) is 12.0 Å². The second-order valence-electron chi connectivity index (χ2n) is 7.88. The molecule has 1 aromatic carbocycles. The number of nitrogens with one attached hydrogen (secondary N) is 4. The Balaban J connectivity index is 1.78. The summed E-state index contributed by atoms with van der Waals surface area (Å²) >= 11 is 18.4. The lowest BCUT2D eigenvalue weighted by Gasteiger charge is -2.33. The Hall–Kier alpha value is -2.58. The molecule has 1 aliphatic carbocycles. The zero-order valence-corrected chi connectivity index (χ0v) is 23.8. The average Bonchev–Trinajstić information content (AvgIpc) is 2.77. The molecule has 18 heteroatoms. The van der Waals surface area contributed by atoms with E-state index >= 15 is 0 Å². The summed E-state index contributed by atoms with van der Waals surface area (Å²) < 4.78 is 68.4. The van der Waals surface area contributed by atoms with Crippen molar-refractivity contribution < 1.29 is 25.9 Å². The van der Waals surface area contributed by atoms with Crippen molar-refractivity contribution in [3.63, 3.8) is 0 Å². The first-order valence-electron chi connectivity index (χ1n) is 10.3. The summed E-state index contributed by atoms with van der Waals surface area (Å²) in [5.41, 5.74) is 0.197. The van der Waals surface area contributed by atoms with E-state index in [2.05, 4.69) is 55.8 Å². The van der Waals surface area contributed by atoms with Crippen LogP contribution in [0.2, 0.25) is 0 Å². The number of aromatic amines is 2. The van der Waals surface area contributed by atoms with Gasteiger partial charge in [0.1, 0.15) is 9.28 Å². The van der Waals surface area contributed by atoms with Gasteiger partial charge in [-0.2, -0.15) is 16.8 Å². The SMILES string of the molecule is O=S(=O)(O)C1(S(=O)(=O)O)CC(Nc2nc(S)cc(=S)[nH]2)=CC=C1c1ccc(Nc2nc(S)cc(=S)[nH]2)cc1. The highest BCUT2D eigenvalue weighted by atomic mass is 32.3. The zero-order chi connectivity index (χ0) is 27.9. The number of nitrogens with zero attached hydrogens (tertiary/aromatic N) is 2. The maximum atomic E-state index is 12.6. The lowest BCUT2D eigenvalue weighted by molar-refractivity contribution is 0.438. The number of anilines is 3. The Morgan fingerprint density at radius 3 is 1.82 bits per heavy atom. The van der Waals surface area contributed by atoms with Gasteiger partial charge in [0.25, 0.3) is 24.3 Å². The molecule has 0 spiro atoms. The van der Waals surface area contributed by atoms with Crippen molar-refractivity contribution in [3.8, 4) is 0 Å². The topological polar surface area (TPSA) is 190 Å². The number of rotatable bonds is 7. The molecule has 0 radical (unpaired) electrons. The highest BCUT2D eigenvalue weighted by Gasteiger charge is 2.59. The van der Waals surface area contributed by atoms with E-state index in [1.54, 1.807) is 6.07 Å². The third kappa shape index (κ3) is 5.86. The minimum Gasteiger partial charge on any atom is -0.329 e. The molecule has 0 saturated carbocycles. The van der Waals surface area contributed by atoms with Crippen LogP contribution in [0.3, 0.4) is 0 Å². The number of H-pyrrole nitrogens is 2. The maximum Gasteiger partial charge on any atom is 0.292 e. The molecule has 2 aromatic heterocycles. The van der Waals surface area contributed by atoms with Crippen LogP contribution in [0.4, 0.5) is 17.6 Å². The summed E-state index contributed by atoms with van der Waals surface area (Å²) in [5, 5.41) is 6.30. The fraction of sp³-hybridized carbons (Fsp3) is 0.100. The van der Waals surface area contributed by atoms with Crippen molar-refractivity contribution in [2.24, 2.45) is 0 Å². The first kappa shape index (κ1) is 28.4. The zero-order valence-electron chi connectivity index (χ0n) is 18.8. The van der Waals surface area contributed by atoms with Gasteiger partial charge in [-0.1, -0.05) is 42.6 Å². The van der Waals surface area contributed by atoms with E-state index < -0.39 is 30.7 Å². The number of allylic oxidation sites excluding steroid dienone is 3. The normalized spacial score (nSPS) is 15.4. The summed E-state index contributed by atoms with van der Waals surface area (Å²) in [6, 6.07) is 8.84. The molecule has 0 bridgehead atoms. The summed E-state index contributed by atoms with van der Waals surface area (Å²) in [6.45, 7) is 0. The lowest BCUT2D eigenvalue weighted by Crippen LogP contribution is -2.48. The van der Waals surface area contributed by atoms with E-state index in [1.165, 1.54) is 36.4 Å². The molecule has 200 valence electrons. The fourth-order valence-electron chi connectivity index (χ4n) is 3.74. The molecule has 1 aliphatic rings. The first-order valence-corrected chi connectivity index (χ1v) is 14.9. The number of thiol groups is 2. The van der Waals surface area contributed by atoms with E-state index in [4.69, 9.17) is 24.4 Å². The van der Waals surface area contributed by atoms with Crippen molar-refractivity contribution in [1.29, 1.82) is 0 Å². The minimum atomic E-state index is -5.46. The average molecular weight is 631 g/mol. The Labute approximate surface area is 238 Å². The fourth-order valence-corrected chi connectivity index (χ4v) is 7.46. The van der Waals surface area contributed by atoms with Crippen LogP contribution in [0.25, 0.3) is 5.57 Å². The van der Waals surface area contributed by atoms with Crippen LogP contribution in [-0.4, -0.2) is 50.0 Å². The number of hydrogen-bond acceptors (Lipinski definition) is 12. The largest absolute Gasteiger partial charge is 0.329 e. The van der Waals surface area contributed by atoms with Gasteiger partial charge < -0.3 is 20.6 Å². The molecule has 0 unspecified atom stereocenters.